The van der Waals surface area contributed by atoms with Gasteiger partial charge in [-0.3, -0.25) is 4.79 Å². The van der Waals surface area contributed by atoms with E-state index in [2.05, 4.69) is 19.2 Å². The van der Waals surface area contributed by atoms with Gasteiger partial charge in [0.15, 0.2) is 0 Å². The molecule has 2 nitrogen and oxygen atoms in total. The zero-order valence-corrected chi connectivity index (χ0v) is 7.44. The van der Waals surface area contributed by atoms with Gasteiger partial charge in [-0.15, -0.1) is 0 Å². The second-order valence-electron chi connectivity index (χ2n) is 3.34. The zero-order chi connectivity index (χ0) is 8.32. The third-order valence-corrected chi connectivity index (χ3v) is 2.94. The molecule has 1 fully saturated rings. The monoisotopic (exact) mass is 155 g/mol. The Morgan fingerprint density at radius 2 is 2.09 bits per heavy atom. The Hall–Kier alpha value is -0.370. The van der Waals surface area contributed by atoms with Crippen LogP contribution in [-0.2, 0) is 4.79 Å². The van der Waals surface area contributed by atoms with E-state index in [1.165, 1.54) is 0 Å². The molecule has 1 aliphatic rings. The van der Waals surface area contributed by atoms with Crippen LogP contribution in [-0.4, -0.2) is 18.9 Å². The van der Waals surface area contributed by atoms with Gasteiger partial charge in [-0.2, -0.15) is 0 Å². The summed E-state index contributed by atoms with van der Waals surface area (Å²) in [5.74, 6) is 0.459. The van der Waals surface area contributed by atoms with E-state index in [-0.39, 0.29) is 5.41 Å². The van der Waals surface area contributed by atoms with Crippen LogP contribution in [0.1, 0.15) is 33.1 Å². The molecular weight excluding hydrogens is 138 g/mol. The molecule has 0 bridgehead atoms. The van der Waals surface area contributed by atoms with E-state index in [1.54, 1.807) is 0 Å². The number of rotatable bonds is 2. The minimum absolute atomic E-state index is 0.0295. The van der Waals surface area contributed by atoms with Crippen molar-refractivity contribution >= 4 is 5.78 Å². The molecule has 64 valence electrons. The lowest BCUT2D eigenvalue weighted by Gasteiger charge is -2.34. The molecule has 1 saturated heterocycles. The number of carbonyl (C=O) groups is 1. The fourth-order valence-electron chi connectivity index (χ4n) is 1.79. The predicted molar refractivity (Wildman–Crippen MR) is 45.5 cm³/mol. The van der Waals surface area contributed by atoms with Crippen molar-refractivity contribution < 1.29 is 4.79 Å². The maximum absolute atomic E-state index is 11.5. The van der Waals surface area contributed by atoms with E-state index < -0.39 is 0 Å². The summed E-state index contributed by atoms with van der Waals surface area (Å²) >= 11 is 0. The average Bonchev–Trinajstić information content (AvgIpc) is 2.06. The Balaban J connectivity index is 2.69. The van der Waals surface area contributed by atoms with Crippen LogP contribution in [0.2, 0.25) is 0 Å². The molecule has 11 heavy (non-hydrogen) atoms. The first kappa shape index (κ1) is 8.72. The van der Waals surface area contributed by atoms with Crippen molar-refractivity contribution in [3.63, 3.8) is 0 Å². The van der Waals surface area contributed by atoms with Gasteiger partial charge in [0.1, 0.15) is 5.78 Å². The molecule has 0 aromatic rings. The van der Waals surface area contributed by atoms with Crippen LogP contribution in [0.25, 0.3) is 0 Å². The van der Waals surface area contributed by atoms with E-state index in [1.807, 2.05) is 0 Å². The number of hydrogen-bond acceptors (Lipinski definition) is 2. The summed E-state index contributed by atoms with van der Waals surface area (Å²) in [6, 6.07) is 0. The van der Waals surface area contributed by atoms with Gasteiger partial charge in [-0.05, 0) is 12.8 Å². The summed E-state index contributed by atoms with van der Waals surface area (Å²) < 4.78 is 0. The molecule has 0 aromatic heterocycles. The number of piperidine rings is 1. The van der Waals surface area contributed by atoms with Crippen LogP contribution in [0.3, 0.4) is 0 Å². The maximum Gasteiger partial charge on any atom is 0.141 e. The lowest BCUT2D eigenvalue weighted by atomic mass is 9.75. The summed E-state index contributed by atoms with van der Waals surface area (Å²) in [6.07, 6.45) is 2.69. The van der Waals surface area contributed by atoms with Gasteiger partial charge < -0.3 is 5.32 Å². The highest BCUT2D eigenvalue weighted by Gasteiger charge is 2.35. The van der Waals surface area contributed by atoms with Gasteiger partial charge >= 0.3 is 0 Å². The average molecular weight is 155 g/mol. The molecule has 1 aliphatic heterocycles. The molecule has 0 aromatic carbocycles. The molecule has 0 radical (unpaired) electrons. The Morgan fingerprint density at radius 3 is 2.45 bits per heavy atom. The molecular formula is C9H17NO. The molecule has 0 spiro atoms. The van der Waals surface area contributed by atoms with Gasteiger partial charge in [-0.25, -0.2) is 0 Å². The fraction of sp³-hybridized carbons (Fsp3) is 0.889. The second kappa shape index (κ2) is 3.35. The van der Waals surface area contributed by atoms with Gasteiger partial charge in [0.05, 0.1) is 0 Å². The summed E-state index contributed by atoms with van der Waals surface area (Å²) in [4.78, 5) is 11.5. The number of Topliss-reactive ketones (excluding diaryl/α,β-unsaturated/α-hetero) is 1. The normalized spacial score (nSPS) is 23.6. The highest BCUT2D eigenvalue weighted by atomic mass is 16.1. The van der Waals surface area contributed by atoms with Crippen LogP contribution in [0.4, 0.5) is 0 Å². The highest BCUT2D eigenvalue weighted by molar-refractivity contribution is 5.85. The van der Waals surface area contributed by atoms with Gasteiger partial charge in [-0.1, -0.05) is 13.8 Å². The summed E-state index contributed by atoms with van der Waals surface area (Å²) in [7, 11) is 0. The lowest BCUT2D eigenvalue weighted by molar-refractivity contribution is -0.130. The predicted octanol–water partition coefficient (Wildman–Crippen LogP) is 1.36. The first-order valence-electron chi connectivity index (χ1n) is 4.49. The number of ketones is 1. The standard InChI is InChI=1S/C9H17NO/c1-3-9(4-2)7-10-6-5-8(9)11/h10H,3-7H2,1-2H3. The third-order valence-electron chi connectivity index (χ3n) is 2.94. The van der Waals surface area contributed by atoms with Crippen molar-refractivity contribution in [3.05, 3.63) is 0 Å². The first-order chi connectivity index (χ1) is 5.25. The van der Waals surface area contributed by atoms with Crippen LogP contribution >= 0.6 is 0 Å². The van der Waals surface area contributed by atoms with Crippen molar-refractivity contribution in [3.8, 4) is 0 Å². The largest absolute Gasteiger partial charge is 0.315 e. The molecule has 0 atom stereocenters. The third kappa shape index (κ3) is 1.45. The maximum atomic E-state index is 11.5. The van der Waals surface area contributed by atoms with Gasteiger partial charge in [0.25, 0.3) is 0 Å². The smallest absolute Gasteiger partial charge is 0.141 e. The topological polar surface area (TPSA) is 29.1 Å². The molecule has 1 N–H and O–H groups in total. The minimum Gasteiger partial charge on any atom is -0.315 e. The summed E-state index contributed by atoms with van der Waals surface area (Å²) in [6.45, 7) is 5.97. The molecule has 0 aliphatic carbocycles. The van der Waals surface area contributed by atoms with Crippen molar-refractivity contribution in [1.82, 2.24) is 5.32 Å². The van der Waals surface area contributed by atoms with E-state index in [0.717, 1.165) is 32.4 Å². The zero-order valence-electron chi connectivity index (χ0n) is 7.44. The number of hydrogen-bond donors (Lipinski definition) is 1. The lowest BCUT2D eigenvalue weighted by Crippen LogP contribution is -2.46. The molecule has 1 rings (SSSR count). The van der Waals surface area contributed by atoms with Gasteiger partial charge in [0, 0.05) is 24.9 Å². The van der Waals surface area contributed by atoms with Crippen molar-refractivity contribution in [1.29, 1.82) is 0 Å². The van der Waals surface area contributed by atoms with E-state index in [0.29, 0.717) is 5.78 Å². The Bertz CT molecular complexity index is 150. The quantitative estimate of drug-likeness (QED) is 0.652. The molecule has 0 unspecified atom stereocenters. The minimum atomic E-state index is -0.0295. The number of nitrogens with one attached hydrogen (secondary N) is 1. The summed E-state index contributed by atoms with van der Waals surface area (Å²) in [5.41, 5.74) is -0.0295. The van der Waals surface area contributed by atoms with Crippen LogP contribution in [0.5, 0.6) is 0 Å². The Labute approximate surface area is 68.4 Å². The molecule has 0 amide bonds. The van der Waals surface area contributed by atoms with E-state index in [4.69, 9.17) is 0 Å². The van der Waals surface area contributed by atoms with E-state index in [9.17, 15) is 4.79 Å². The van der Waals surface area contributed by atoms with E-state index >= 15 is 0 Å². The van der Waals surface area contributed by atoms with Crippen molar-refractivity contribution in [2.45, 2.75) is 33.1 Å². The fourth-order valence-corrected chi connectivity index (χ4v) is 1.79. The molecule has 0 saturated carbocycles. The molecule has 1 heterocycles. The van der Waals surface area contributed by atoms with Crippen LogP contribution in [0.15, 0.2) is 0 Å². The van der Waals surface area contributed by atoms with Crippen molar-refractivity contribution in [2.75, 3.05) is 13.1 Å². The van der Waals surface area contributed by atoms with Crippen LogP contribution < -0.4 is 5.32 Å². The Morgan fingerprint density at radius 1 is 1.45 bits per heavy atom. The second-order valence-corrected chi connectivity index (χ2v) is 3.34. The summed E-state index contributed by atoms with van der Waals surface area (Å²) in [5, 5.41) is 3.29. The number of carbonyl (C=O) groups excluding carboxylic acids is 1. The van der Waals surface area contributed by atoms with Crippen LogP contribution in [0, 0.1) is 5.41 Å². The highest BCUT2D eigenvalue weighted by Crippen LogP contribution is 2.29. The first-order valence-corrected chi connectivity index (χ1v) is 4.49. The van der Waals surface area contributed by atoms with Crippen molar-refractivity contribution in [2.24, 2.45) is 5.41 Å². The SMILES string of the molecule is CCC1(CC)CNCCC1=O. The molecule has 2 heteroatoms. The Kier molecular flexibility index (Phi) is 2.66. The van der Waals surface area contributed by atoms with Gasteiger partial charge in [0.2, 0.25) is 0 Å².